The van der Waals surface area contributed by atoms with E-state index in [0.29, 0.717) is 11.3 Å². The van der Waals surface area contributed by atoms with Crippen LogP contribution in [-0.2, 0) is 5.54 Å². The topological polar surface area (TPSA) is 75.9 Å². The van der Waals surface area contributed by atoms with E-state index in [9.17, 15) is 18.3 Å². The number of nitrogens with one attached hydrogen (secondary N) is 1. The summed E-state index contributed by atoms with van der Waals surface area (Å²) >= 11 is 0. The van der Waals surface area contributed by atoms with Crippen molar-refractivity contribution >= 4 is 0 Å². The smallest absolute Gasteiger partial charge is 0.394 e. The van der Waals surface area contributed by atoms with E-state index in [2.05, 4.69) is 20.8 Å². The van der Waals surface area contributed by atoms with Crippen LogP contribution in [0.15, 0.2) is 30.6 Å². The third-order valence-electron chi connectivity index (χ3n) is 3.09. The molecule has 1 aromatic heterocycles. The minimum Gasteiger partial charge on any atom is -0.394 e. The van der Waals surface area contributed by atoms with Gasteiger partial charge in [-0.2, -0.15) is 13.2 Å². The van der Waals surface area contributed by atoms with Crippen LogP contribution in [0.5, 0.6) is 0 Å². The van der Waals surface area contributed by atoms with E-state index >= 15 is 0 Å². The highest BCUT2D eigenvalue weighted by molar-refractivity contribution is 5.37. The number of aliphatic hydroxyl groups excluding tert-OH is 1. The Balaban J connectivity index is 2.27. The van der Waals surface area contributed by atoms with Crippen molar-refractivity contribution in [3.8, 4) is 5.69 Å². The lowest BCUT2D eigenvalue weighted by Crippen LogP contribution is -2.47. The van der Waals surface area contributed by atoms with E-state index in [1.165, 1.54) is 17.9 Å². The molecule has 114 valence electrons. The first kappa shape index (κ1) is 15.4. The van der Waals surface area contributed by atoms with Crippen molar-refractivity contribution in [2.75, 3.05) is 13.2 Å². The summed E-state index contributed by atoms with van der Waals surface area (Å²) in [6.45, 7) is -0.182. The summed E-state index contributed by atoms with van der Waals surface area (Å²) in [5.74, 6) is 0. The summed E-state index contributed by atoms with van der Waals surface area (Å²) in [5.41, 5.74) is -0.132. The Morgan fingerprint density at radius 1 is 1.33 bits per heavy atom. The molecule has 0 fully saturated rings. The molecular formula is C12H14F3N5O. The Labute approximate surface area is 118 Å². The Morgan fingerprint density at radius 2 is 2.10 bits per heavy atom. The second kappa shape index (κ2) is 5.78. The lowest BCUT2D eigenvalue weighted by Gasteiger charge is -2.30. The van der Waals surface area contributed by atoms with Crippen molar-refractivity contribution in [3.05, 3.63) is 36.2 Å². The number of aliphatic hydroxyl groups is 1. The molecule has 0 bridgehead atoms. The number of nitrogens with zero attached hydrogens (tertiary/aromatic N) is 4. The molecule has 0 aliphatic carbocycles. The molecule has 1 heterocycles. The maximum absolute atomic E-state index is 12.4. The van der Waals surface area contributed by atoms with Crippen molar-refractivity contribution in [2.45, 2.75) is 18.6 Å². The van der Waals surface area contributed by atoms with Crippen molar-refractivity contribution < 1.29 is 18.3 Å². The van der Waals surface area contributed by atoms with Crippen LogP contribution in [0.4, 0.5) is 13.2 Å². The SMILES string of the molecule is CC(CO)(NCC(F)(F)F)c1cccc(-n2cnnn2)c1. The van der Waals surface area contributed by atoms with Crippen LogP contribution >= 0.6 is 0 Å². The first-order valence-corrected chi connectivity index (χ1v) is 6.11. The number of alkyl halides is 3. The molecule has 2 rings (SSSR count). The molecule has 1 aromatic carbocycles. The van der Waals surface area contributed by atoms with E-state index in [-0.39, 0.29) is 0 Å². The Bertz CT molecular complexity index is 587. The molecule has 0 aliphatic rings. The largest absolute Gasteiger partial charge is 0.401 e. The lowest BCUT2D eigenvalue weighted by atomic mass is 9.92. The standard InChI is InChI=1S/C12H14F3N5O/c1-11(7-21,16-6-12(13,14)15)9-3-2-4-10(5-9)20-8-17-18-19-20/h2-5,8,16,21H,6-7H2,1H3. The number of halogens is 3. The highest BCUT2D eigenvalue weighted by atomic mass is 19.4. The highest BCUT2D eigenvalue weighted by Crippen LogP contribution is 2.24. The van der Waals surface area contributed by atoms with Crippen LogP contribution in [0.25, 0.3) is 5.69 Å². The summed E-state index contributed by atoms with van der Waals surface area (Å²) in [4.78, 5) is 0. The molecule has 0 amide bonds. The third-order valence-corrected chi connectivity index (χ3v) is 3.09. The van der Waals surface area contributed by atoms with Crippen LogP contribution in [0, 0.1) is 0 Å². The lowest BCUT2D eigenvalue weighted by molar-refractivity contribution is -0.129. The molecule has 0 radical (unpaired) electrons. The number of aromatic nitrogens is 4. The molecule has 0 saturated heterocycles. The van der Waals surface area contributed by atoms with E-state index in [0.717, 1.165) is 0 Å². The van der Waals surface area contributed by atoms with Crippen LogP contribution < -0.4 is 5.32 Å². The zero-order valence-corrected chi connectivity index (χ0v) is 11.2. The van der Waals surface area contributed by atoms with Gasteiger partial charge in [0.2, 0.25) is 0 Å². The predicted octanol–water partition coefficient (Wildman–Crippen LogP) is 1.02. The van der Waals surface area contributed by atoms with Crippen molar-refractivity contribution in [1.82, 2.24) is 25.5 Å². The quantitative estimate of drug-likeness (QED) is 0.862. The summed E-state index contributed by atoms with van der Waals surface area (Å²) in [6, 6.07) is 6.63. The van der Waals surface area contributed by atoms with Gasteiger partial charge in [0.1, 0.15) is 6.33 Å². The maximum Gasteiger partial charge on any atom is 0.401 e. The minimum absolute atomic E-state index is 0.484. The second-order valence-corrected chi connectivity index (χ2v) is 4.76. The summed E-state index contributed by atoms with van der Waals surface area (Å²) < 4.78 is 38.5. The van der Waals surface area contributed by atoms with Gasteiger partial charge in [0.25, 0.3) is 0 Å². The minimum atomic E-state index is -4.36. The Kier molecular flexibility index (Phi) is 4.24. The average Bonchev–Trinajstić information content (AvgIpc) is 2.98. The molecule has 2 N–H and O–H groups in total. The monoisotopic (exact) mass is 301 g/mol. The molecule has 21 heavy (non-hydrogen) atoms. The number of tetrazole rings is 1. The summed E-state index contributed by atoms with van der Waals surface area (Å²) in [7, 11) is 0. The van der Waals surface area contributed by atoms with E-state index in [4.69, 9.17) is 0 Å². The average molecular weight is 301 g/mol. The molecular weight excluding hydrogens is 287 g/mol. The fraction of sp³-hybridized carbons (Fsp3) is 0.417. The van der Waals surface area contributed by atoms with Crippen molar-refractivity contribution in [1.29, 1.82) is 0 Å². The second-order valence-electron chi connectivity index (χ2n) is 4.76. The number of benzene rings is 1. The molecule has 6 nitrogen and oxygen atoms in total. The number of hydrogen-bond donors (Lipinski definition) is 2. The van der Waals surface area contributed by atoms with E-state index in [1.807, 2.05) is 0 Å². The van der Waals surface area contributed by atoms with Gasteiger partial charge in [-0.15, -0.1) is 5.10 Å². The normalized spacial score (nSPS) is 14.9. The van der Waals surface area contributed by atoms with Gasteiger partial charge in [0, 0.05) is 0 Å². The summed E-state index contributed by atoms with van der Waals surface area (Å²) in [5, 5.41) is 22.5. The van der Waals surface area contributed by atoms with Crippen LogP contribution in [0.2, 0.25) is 0 Å². The van der Waals surface area contributed by atoms with Gasteiger partial charge in [0.05, 0.1) is 24.4 Å². The molecule has 9 heteroatoms. The van der Waals surface area contributed by atoms with E-state index in [1.54, 1.807) is 24.3 Å². The van der Waals surface area contributed by atoms with Gasteiger partial charge in [-0.05, 0) is 35.0 Å². The molecule has 0 spiro atoms. The van der Waals surface area contributed by atoms with Crippen molar-refractivity contribution in [3.63, 3.8) is 0 Å². The van der Waals surface area contributed by atoms with E-state index < -0.39 is 24.9 Å². The summed E-state index contributed by atoms with van der Waals surface area (Å²) in [6.07, 6.45) is -2.98. The van der Waals surface area contributed by atoms with Gasteiger partial charge < -0.3 is 5.11 Å². The first-order chi connectivity index (χ1) is 9.84. The van der Waals surface area contributed by atoms with Gasteiger partial charge in [0.15, 0.2) is 0 Å². The Hall–Kier alpha value is -2.00. The molecule has 0 saturated carbocycles. The fourth-order valence-electron chi connectivity index (χ4n) is 1.82. The fourth-order valence-corrected chi connectivity index (χ4v) is 1.82. The molecule has 0 aliphatic heterocycles. The Morgan fingerprint density at radius 3 is 2.67 bits per heavy atom. The van der Waals surface area contributed by atoms with Crippen LogP contribution in [0.1, 0.15) is 12.5 Å². The number of rotatable bonds is 5. The van der Waals surface area contributed by atoms with Crippen LogP contribution in [-0.4, -0.2) is 44.6 Å². The number of hydrogen-bond acceptors (Lipinski definition) is 5. The molecule has 1 atom stereocenters. The van der Waals surface area contributed by atoms with Crippen LogP contribution in [0.3, 0.4) is 0 Å². The molecule has 1 unspecified atom stereocenters. The van der Waals surface area contributed by atoms with Gasteiger partial charge in [-0.3, -0.25) is 5.32 Å². The first-order valence-electron chi connectivity index (χ1n) is 6.11. The van der Waals surface area contributed by atoms with Gasteiger partial charge in [-0.25, -0.2) is 4.68 Å². The van der Waals surface area contributed by atoms with Gasteiger partial charge in [-0.1, -0.05) is 12.1 Å². The third kappa shape index (κ3) is 3.76. The predicted molar refractivity (Wildman–Crippen MR) is 67.6 cm³/mol. The highest BCUT2D eigenvalue weighted by Gasteiger charge is 2.33. The van der Waals surface area contributed by atoms with Crippen molar-refractivity contribution in [2.24, 2.45) is 0 Å². The van der Waals surface area contributed by atoms with Gasteiger partial charge >= 0.3 is 6.18 Å². The molecule has 2 aromatic rings. The maximum atomic E-state index is 12.4. The zero-order valence-electron chi connectivity index (χ0n) is 11.2. The zero-order chi connectivity index (χ0) is 15.5.